The SMILES string of the molecule is NC(=O)c1cc(Cl)c(Br)cc1NCC(=O)O. The van der Waals surface area contributed by atoms with Gasteiger partial charge in [0.15, 0.2) is 0 Å². The van der Waals surface area contributed by atoms with Crippen LogP contribution in [0.2, 0.25) is 5.02 Å². The Bertz CT molecular complexity index is 451. The molecule has 0 heterocycles. The largest absolute Gasteiger partial charge is 0.480 e. The number of aliphatic carboxylic acids is 1. The van der Waals surface area contributed by atoms with Crippen LogP contribution in [-0.2, 0) is 4.79 Å². The first-order valence-corrected chi connectivity index (χ1v) is 5.33. The van der Waals surface area contributed by atoms with Crippen LogP contribution >= 0.6 is 27.5 Å². The molecule has 0 fully saturated rings. The molecule has 0 aromatic heterocycles. The molecule has 4 N–H and O–H groups in total. The summed E-state index contributed by atoms with van der Waals surface area (Å²) in [7, 11) is 0. The summed E-state index contributed by atoms with van der Waals surface area (Å²) in [5, 5.41) is 11.4. The molecule has 0 saturated carbocycles. The van der Waals surface area contributed by atoms with Crippen molar-refractivity contribution in [3.05, 3.63) is 27.2 Å². The molecule has 0 saturated heterocycles. The van der Waals surface area contributed by atoms with Gasteiger partial charge in [0, 0.05) is 10.2 Å². The molecule has 0 aliphatic heterocycles. The lowest BCUT2D eigenvalue weighted by Crippen LogP contribution is -2.18. The average molecular weight is 308 g/mol. The lowest BCUT2D eigenvalue weighted by atomic mass is 10.1. The number of hydrogen-bond donors (Lipinski definition) is 3. The zero-order valence-corrected chi connectivity index (χ0v) is 10.3. The third kappa shape index (κ3) is 3.11. The van der Waals surface area contributed by atoms with Gasteiger partial charge >= 0.3 is 5.97 Å². The Labute approximate surface area is 105 Å². The Hall–Kier alpha value is -1.27. The zero-order valence-electron chi connectivity index (χ0n) is 7.96. The van der Waals surface area contributed by atoms with Crippen molar-refractivity contribution in [2.24, 2.45) is 5.73 Å². The number of amides is 1. The molecule has 1 rings (SSSR count). The first kappa shape index (κ1) is 12.8. The molecule has 0 aliphatic carbocycles. The Morgan fingerprint density at radius 2 is 2.12 bits per heavy atom. The van der Waals surface area contributed by atoms with Gasteiger partial charge in [0.2, 0.25) is 0 Å². The molecular weight excluding hydrogens is 299 g/mol. The minimum absolute atomic E-state index is 0.148. The second-order valence-corrected chi connectivity index (χ2v) is 4.18. The van der Waals surface area contributed by atoms with Gasteiger partial charge in [-0.05, 0) is 28.1 Å². The number of hydrogen-bond acceptors (Lipinski definition) is 3. The standard InChI is InChI=1S/C9H8BrClN2O3/c10-5-2-7(13-3-8(14)15)4(9(12)16)1-6(5)11/h1-2,13H,3H2,(H2,12,16)(H,14,15). The van der Waals surface area contributed by atoms with Gasteiger partial charge in [-0.3, -0.25) is 9.59 Å². The highest BCUT2D eigenvalue weighted by Gasteiger charge is 2.12. The molecule has 5 nitrogen and oxygen atoms in total. The maximum atomic E-state index is 11.1. The van der Waals surface area contributed by atoms with Crippen LogP contribution in [-0.4, -0.2) is 23.5 Å². The van der Waals surface area contributed by atoms with E-state index in [0.717, 1.165) is 0 Å². The van der Waals surface area contributed by atoms with Crippen LogP contribution in [0.25, 0.3) is 0 Å². The normalized spacial score (nSPS) is 9.88. The van der Waals surface area contributed by atoms with E-state index in [1.807, 2.05) is 0 Å². The van der Waals surface area contributed by atoms with Crippen LogP contribution in [0.5, 0.6) is 0 Å². The van der Waals surface area contributed by atoms with Crippen molar-refractivity contribution < 1.29 is 14.7 Å². The monoisotopic (exact) mass is 306 g/mol. The van der Waals surface area contributed by atoms with Gasteiger partial charge in [-0.2, -0.15) is 0 Å². The predicted octanol–water partition coefficient (Wildman–Crippen LogP) is 1.70. The highest BCUT2D eigenvalue weighted by atomic mass is 79.9. The topological polar surface area (TPSA) is 92.4 Å². The maximum absolute atomic E-state index is 11.1. The van der Waals surface area contributed by atoms with Gasteiger partial charge in [-0.1, -0.05) is 11.6 Å². The van der Waals surface area contributed by atoms with Crippen molar-refractivity contribution in [3.63, 3.8) is 0 Å². The Balaban J connectivity index is 3.09. The number of anilines is 1. The fourth-order valence-electron chi connectivity index (χ4n) is 1.07. The Morgan fingerprint density at radius 1 is 1.50 bits per heavy atom. The molecule has 0 radical (unpaired) electrons. The van der Waals surface area contributed by atoms with E-state index in [1.165, 1.54) is 12.1 Å². The van der Waals surface area contributed by atoms with Gasteiger partial charge in [0.25, 0.3) is 5.91 Å². The van der Waals surface area contributed by atoms with E-state index in [0.29, 0.717) is 15.2 Å². The fraction of sp³-hybridized carbons (Fsp3) is 0.111. The second kappa shape index (κ2) is 5.18. The third-order valence-corrected chi connectivity index (χ3v) is 2.95. The summed E-state index contributed by atoms with van der Waals surface area (Å²) in [4.78, 5) is 21.5. The number of halogens is 2. The number of primary amides is 1. The lowest BCUT2D eigenvalue weighted by molar-refractivity contribution is -0.134. The fourth-order valence-corrected chi connectivity index (χ4v) is 1.57. The average Bonchev–Trinajstić information content (AvgIpc) is 2.18. The van der Waals surface area contributed by atoms with Crippen LogP contribution in [0.3, 0.4) is 0 Å². The third-order valence-electron chi connectivity index (χ3n) is 1.76. The number of nitrogens with two attached hydrogens (primary N) is 1. The Kier molecular flexibility index (Phi) is 4.14. The molecule has 16 heavy (non-hydrogen) atoms. The molecule has 86 valence electrons. The van der Waals surface area contributed by atoms with Crippen LogP contribution in [0.1, 0.15) is 10.4 Å². The highest BCUT2D eigenvalue weighted by molar-refractivity contribution is 9.10. The molecular formula is C9H8BrClN2O3. The molecule has 1 aromatic rings. The van der Waals surface area contributed by atoms with Crippen LogP contribution in [0.4, 0.5) is 5.69 Å². The first-order chi connectivity index (χ1) is 7.41. The number of carboxylic acid groups (broad SMARTS) is 1. The molecule has 0 bridgehead atoms. The quantitative estimate of drug-likeness (QED) is 0.789. The summed E-state index contributed by atoms with van der Waals surface area (Å²) in [6.45, 7) is -0.311. The summed E-state index contributed by atoms with van der Waals surface area (Å²) in [5.41, 5.74) is 5.61. The van der Waals surface area contributed by atoms with E-state index in [2.05, 4.69) is 21.2 Å². The predicted molar refractivity (Wildman–Crippen MR) is 63.8 cm³/mol. The van der Waals surface area contributed by atoms with E-state index in [9.17, 15) is 9.59 Å². The number of carbonyl (C=O) groups is 2. The van der Waals surface area contributed by atoms with Crippen molar-refractivity contribution in [3.8, 4) is 0 Å². The summed E-state index contributed by atoms with van der Waals surface area (Å²) in [6, 6.07) is 2.88. The van der Waals surface area contributed by atoms with Crippen LogP contribution in [0, 0.1) is 0 Å². The second-order valence-electron chi connectivity index (χ2n) is 2.92. The Morgan fingerprint density at radius 3 is 2.62 bits per heavy atom. The molecule has 0 spiro atoms. The summed E-state index contributed by atoms with van der Waals surface area (Å²) < 4.78 is 0.548. The maximum Gasteiger partial charge on any atom is 0.322 e. The van der Waals surface area contributed by atoms with Gasteiger partial charge in [0.05, 0.1) is 10.6 Å². The van der Waals surface area contributed by atoms with Crippen molar-refractivity contribution in [1.82, 2.24) is 0 Å². The molecule has 1 aromatic carbocycles. The van der Waals surface area contributed by atoms with E-state index < -0.39 is 11.9 Å². The number of benzene rings is 1. The van der Waals surface area contributed by atoms with E-state index >= 15 is 0 Å². The zero-order chi connectivity index (χ0) is 12.3. The summed E-state index contributed by atoms with van der Waals surface area (Å²) in [6.07, 6.45) is 0. The van der Waals surface area contributed by atoms with Gasteiger partial charge < -0.3 is 16.2 Å². The molecule has 0 unspecified atom stereocenters. The smallest absolute Gasteiger partial charge is 0.322 e. The van der Waals surface area contributed by atoms with Crippen LogP contribution < -0.4 is 11.1 Å². The summed E-state index contributed by atoms with van der Waals surface area (Å²) >= 11 is 8.96. The minimum Gasteiger partial charge on any atom is -0.480 e. The lowest BCUT2D eigenvalue weighted by Gasteiger charge is -2.09. The molecule has 0 aliphatic rings. The van der Waals surface area contributed by atoms with Crippen molar-refractivity contribution in [2.75, 3.05) is 11.9 Å². The van der Waals surface area contributed by atoms with Gasteiger partial charge in [-0.25, -0.2) is 0 Å². The van der Waals surface area contributed by atoms with E-state index in [-0.39, 0.29) is 12.1 Å². The molecule has 1 amide bonds. The number of carboxylic acids is 1. The van der Waals surface area contributed by atoms with E-state index in [4.69, 9.17) is 22.4 Å². The minimum atomic E-state index is -1.04. The van der Waals surface area contributed by atoms with Gasteiger partial charge in [-0.15, -0.1) is 0 Å². The first-order valence-electron chi connectivity index (χ1n) is 4.16. The van der Waals surface area contributed by atoms with Gasteiger partial charge in [0.1, 0.15) is 6.54 Å². The van der Waals surface area contributed by atoms with Crippen molar-refractivity contribution in [2.45, 2.75) is 0 Å². The molecule has 0 atom stereocenters. The highest BCUT2D eigenvalue weighted by Crippen LogP contribution is 2.29. The summed E-state index contributed by atoms with van der Waals surface area (Å²) in [5.74, 6) is -1.72. The number of nitrogens with one attached hydrogen (secondary N) is 1. The van der Waals surface area contributed by atoms with Crippen molar-refractivity contribution >= 4 is 45.1 Å². The van der Waals surface area contributed by atoms with Crippen molar-refractivity contribution in [1.29, 1.82) is 0 Å². The number of rotatable bonds is 4. The van der Waals surface area contributed by atoms with Crippen LogP contribution in [0.15, 0.2) is 16.6 Å². The number of carbonyl (C=O) groups excluding carboxylic acids is 1. The van der Waals surface area contributed by atoms with E-state index in [1.54, 1.807) is 0 Å². The molecule has 7 heteroatoms.